The summed E-state index contributed by atoms with van der Waals surface area (Å²) in [5, 5.41) is 4.19. The Hall–Kier alpha value is -2.22. The number of likely N-dealkylation sites (tertiary alicyclic amines) is 1. The molecule has 146 valence electrons. The van der Waals surface area contributed by atoms with Gasteiger partial charge in [0.1, 0.15) is 6.17 Å². The summed E-state index contributed by atoms with van der Waals surface area (Å²) >= 11 is 0. The average Bonchev–Trinajstić information content (AvgIpc) is 3.34. The second-order valence-electron chi connectivity index (χ2n) is 7.93. The van der Waals surface area contributed by atoms with Crippen LogP contribution in [0.3, 0.4) is 0 Å². The van der Waals surface area contributed by atoms with Crippen LogP contribution < -0.4 is 0 Å². The molecule has 27 heavy (non-hydrogen) atoms. The van der Waals surface area contributed by atoms with E-state index in [1.807, 2.05) is 39.0 Å². The van der Waals surface area contributed by atoms with Gasteiger partial charge in [0.15, 0.2) is 0 Å². The monoisotopic (exact) mass is 374 g/mol. The van der Waals surface area contributed by atoms with E-state index < -0.39 is 6.17 Å². The molecule has 0 spiro atoms. The van der Waals surface area contributed by atoms with Crippen LogP contribution in [0.2, 0.25) is 0 Å². The number of alkyl halides is 1. The molecule has 4 heterocycles. The van der Waals surface area contributed by atoms with E-state index >= 15 is 0 Å². The largest absolute Gasteiger partial charge is 0.344 e. The van der Waals surface area contributed by atoms with Crippen molar-refractivity contribution in [3.05, 3.63) is 36.2 Å². The first kappa shape index (κ1) is 18.2. The van der Waals surface area contributed by atoms with Gasteiger partial charge in [0, 0.05) is 82.3 Å². The van der Waals surface area contributed by atoms with Gasteiger partial charge in [-0.15, -0.1) is 0 Å². The Balaban J connectivity index is 1.37. The summed E-state index contributed by atoms with van der Waals surface area (Å²) in [6.45, 7) is 2.49. The van der Waals surface area contributed by atoms with Crippen LogP contribution in [-0.2, 0) is 31.4 Å². The van der Waals surface area contributed by atoms with E-state index in [1.165, 1.54) is 0 Å². The normalized spacial score (nSPS) is 25.5. The third-order valence-electron chi connectivity index (χ3n) is 5.80. The van der Waals surface area contributed by atoms with Crippen LogP contribution in [0.1, 0.15) is 24.1 Å². The molecule has 2 aromatic rings. The molecule has 0 aliphatic carbocycles. The quantitative estimate of drug-likeness (QED) is 0.790. The number of fused-ring (bicyclic) bond motifs is 1. The molecule has 7 nitrogen and oxygen atoms in total. The predicted molar refractivity (Wildman–Crippen MR) is 98.6 cm³/mol. The first-order chi connectivity index (χ1) is 13.0. The minimum atomic E-state index is -0.834. The van der Waals surface area contributed by atoms with Crippen molar-refractivity contribution in [2.75, 3.05) is 20.1 Å². The van der Waals surface area contributed by atoms with E-state index in [4.69, 9.17) is 0 Å². The lowest BCUT2D eigenvalue weighted by Gasteiger charge is -2.31. The number of hydrogen-bond acceptors (Lipinski definition) is 4. The molecule has 0 aromatic carbocycles. The molecule has 0 bridgehead atoms. The Morgan fingerprint density at radius 2 is 2.26 bits per heavy atom. The molecule has 0 saturated carbocycles. The summed E-state index contributed by atoms with van der Waals surface area (Å²) < 4.78 is 18.0. The minimum absolute atomic E-state index is 0.00597. The number of nitrogens with zero attached hydrogens (tertiary/aromatic N) is 6. The second-order valence-corrected chi connectivity index (χ2v) is 7.93. The highest BCUT2D eigenvalue weighted by molar-refractivity contribution is 5.79. The van der Waals surface area contributed by atoms with Crippen molar-refractivity contribution in [3.8, 4) is 0 Å². The fraction of sp³-hybridized carbons (Fsp3) is 0.632. The second kappa shape index (κ2) is 7.42. The van der Waals surface area contributed by atoms with Gasteiger partial charge >= 0.3 is 0 Å². The molecule has 1 unspecified atom stereocenters. The van der Waals surface area contributed by atoms with E-state index in [0.717, 1.165) is 30.6 Å². The number of carbonyl (C=O) groups excluding carboxylic acids is 1. The van der Waals surface area contributed by atoms with Gasteiger partial charge in [0.05, 0.1) is 12.5 Å². The average molecular weight is 374 g/mol. The van der Waals surface area contributed by atoms with Gasteiger partial charge in [-0.3, -0.25) is 14.4 Å². The van der Waals surface area contributed by atoms with Gasteiger partial charge in [-0.25, -0.2) is 9.37 Å². The number of carbonyl (C=O) groups is 1. The fourth-order valence-electron chi connectivity index (χ4n) is 4.39. The highest BCUT2D eigenvalue weighted by Gasteiger charge is 2.35. The summed E-state index contributed by atoms with van der Waals surface area (Å²) in [6, 6.07) is 0.0447. The van der Waals surface area contributed by atoms with Crippen molar-refractivity contribution in [2.45, 2.75) is 44.6 Å². The molecule has 2 aliphatic heterocycles. The zero-order valence-corrected chi connectivity index (χ0v) is 16.0. The fourth-order valence-corrected chi connectivity index (χ4v) is 4.39. The number of imidazole rings is 1. The maximum Gasteiger partial charge on any atom is 0.225 e. The lowest BCUT2D eigenvalue weighted by atomic mass is 9.94. The highest BCUT2D eigenvalue weighted by Crippen LogP contribution is 2.25. The van der Waals surface area contributed by atoms with Crippen LogP contribution >= 0.6 is 0 Å². The summed E-state index contributed by atoms with van der Waals surface area (Å²) in [4.78, 5) is 21.0. The summed E-state index contributed by atoms with van der Waals surface area (Å²) in [5.74, 6) is 0.152. The Morgan fingerprint density at radius 1 is 1.41 bits per heavy atom. The first-order valence-electron chi connectivity index (χ1n) is 9.59. The van der Waals surface area contributed by atoms with E-state index in [-0.39, 0.29) is 17.9 Å². The van der Waals surface area contributed by atoms with Crippen molar-refractivity contribution in [3.63, 3.8) is 0 Å². The smallest absolute Gasteiger partial charge is 0.225 e. The molecular weight excluding hydrogens is 347 g/mol. The van der Waals surface area contributed by atoms with Gasteiger partial charge in [-0.2, -0.15) is 5.10 Å². The lowest BCUT2D eigenvalue weighted by Crippen LogP contribution is -2.44. The molecule has 2 aromatic heterocycles. The van der Waals surface area contributed by atoms with Crippen LogP contribution in [0, 0.1) is 5.92 Å². The predicted octanol–water partition coefficient (Wildman–Crippen LogP) is 1.25. The molecule has 4 rings (SSSR count). The van der Waals surface area contributed by atoms with Crippen molar-refractivity contribution < 1.29 is 9.18 Å². The third kappa shape index (κ3) is 3.90. The summed E-state index contributed by atoms with van der Waals surface area (Å²) in [5.41, 5.74) is 2.20. The van der Waals surface area contributed by atoms with Gasteiger partial charge in [0.25, 0.3) is 0 Å². The molecule has 8 heteroatoms. The zero-order valence-electron chi connectivity index (χ0n) is 16.0. The molecule has 2 aliphatic rings. The number of aromatic nitrogens is 4. The van der Waals surface area contributed by atoms with Crippen molar-refractivity contribution >= 4 is 5.91 Å². The van der Waals surface area contributed by atoms with Gasteiger partial charge in [-0.1, -0.05) is 0 Å². The number of halogens is 1. The van der Waals surface area contributed by atoms with Gasteiger partial charge in [-0.05, 0) is 12.8 Å². The minimum Gasteiger partial charge on any atom is -0.344 e. The van der Waals surface area contributed by atoms with Crippen molar-refractivity contribution in [1.82, 2.24) is 29.1 Å². The van der Waals surface area contributed by atoms with E-state index in [1.54, 1.807) is 9.58 Å². The topological polar surface area (TPSA) is 59.2 Å². The molecular formula is C19H27FN6O. The molecule has 1 amide bonds. The summed E-state index contributed by atoms with van der Waals surface area (Å²) in [7, 11) is 3.73. The Labute approximate surface area is 158 Å². The first-order valence-corrected chi connectivity index (χ1v) is 9.59. The van der Waals surface area contributed by atoms with Crippen molar-refractivity contribution in [1.29, 1.82) is 0 Å². The van der Waals surface area contributed by atoms with E-state index in [0.29, 0.717) is 26.1 Å². The molecule has 0 radical (unpaired) electrons. The lowest BCUT2D eigenvalue weighted by molar-refractivity contribution is -0.135. The van der Waals surface area contributed by atoms with Crippen LogP contribution in [0.25, 0.3) is 0 Å². The summed E-state index contributed by atoms with van der Waals surface area (Å²) in [6.07, 6.45) is 8.68. The van der Waals surface area contributed by atoms with Crippen LogP contribution in [0.4, 0.5) is 4.39 Å². The highest BCUT2D eigenvalue weighted by atomic mass is 19.1. The standard InChI is InChI=1S/C19H27FN6O/c1-23(19(27)15-3-4-25-13-21-8-17(25)5-15)12-18-6-16(20)11-26(18)10-14-7-22-24(2)9-14/h7-9,13,15-16,18H,3-6,10-12H2,1-2H3/t15?,16-,18-/m0/s1. The molecule has 1 saturated heterocycles. The zero-order chi connectivity index (χ0) is 19.0. The van der Waals surface area contributed by atoms with Gasteiger partial charge in [0.2, 0.25) is 5.91 Å². The van der Waals surface area contributed by atoms with Crippen molar-refractivity contribution in [2.24, 2.45) is 13.0 Å². The Morgan fingerprint density at radius 3 is 3.04 bits per heavy atom. The number of hydrogen-bond donors (Lipinski definition) is 0. The van der Waals surface area contributed by atoms with E-state index in [2.05, 4.69) is 19.5 Å². The van der Waals surface area contributed by atoms with E-state index in [9.17, 15) is 9.18 Å². The van der Waals surface area contributed by atoms with Gasteiger partial charge < -0.3 is 9.47 Å². The Kier molecular flexibility index (Phi) is 4.99. The number of amides is 1. The number of aryl methyl sites for hydroxylation is 2. The molecule has 0 N–H and O–H groups in total. The molecule has 3 atom stereocenters. The number of likely N-dealkylation sites (N-methyl/N-ethyl adjacent to an activating group) is 1. The van der Waals surface area contributed by atoms with Crippen LogP contribution in [0.5, 0.6) is 0 Å². The number of rotatable bonds is 5. The Bertz CT molecular complexity index is 802. The molecule has 1 fully saturated rings. The third-order valence-corrected chi connectivity index (χ3v) is 5.80. The maximum atomic E-state index is 14.1. The SMILES string of the molecule is CN(C[C@@H]1C[C@H](F)CN1Cc1cnn(C)c1)C(=O)C1CCn2cncc2C1. The van der Waals surface area contributed by atoms with Crippen LogP contribution in [-0.4, -0.2) is 67.4 Å². The maximum absolute atomic E-state index is 14.1. The van der Waals surface area contributed by atoms with Crippen LogP contribution in [0.15, 0.2) is 24.9 Å².